The minimum absolute atomic E-state index is 0.334. The number of methoxy groups -OCH3 is 2. The zero-order valence-electron chi connectivity index (χ0n) is 15.3. The van der Waals surface area contributed by atoms with Crippen LogP contribution in [0.3, 0.4) is 0 Å². The van der Waals surface area contributed by atoms with Crippen molar-refractivity contribution < 1.29 is 13.9 Å². The van der Waals surface area contributed by atoms with Crippen LogP contribution in [0.25, 0.3) is 5.78 Å². The van der Waals surface area contributed by atoms with Crippen molar-refractivity contribution in [3.63, 3.8) is 0 Å². The number of aryl methyl sites for hydroxylation is 1. The van der Waals surface area contributed by atoms with Crippen molar-refractivity contribution in [3.8, 4) is 11.5 Å². The molecule has 3 aromatic rings. The molecule has 0 aliphatic heterocycles. The molecule has 3 rings (SSSR count). The molecule has 26 heavy (non-hydrogen) atoms. The van der Waals surface area contributed by atoms with Gasteiger partial charge in [0.1, 0.15) is 18.0 Å². The van der Waals surface area contributed by atoms with Gasteiger partial charge in [-0.25, -0.2) is 9.37 Å². The molecule has 7 nitrogen and oxygen atoms in total. The molecular formula is C18H22FN5O2. The molecule has 0 bridgehead atoms. The number of anilines is 1. The molecule has 2 heterocycles. The van der Waals surface area contributed by atoms with Gasteiger partial charge in [0.2, 0.25) is 0 Å². The van der Waals surface area contributed by atoms with Gasteiger partial charge in [-0.05, 0) is 19.4 Å². The van der Waals surface area contributed by atoms with Gasteiger partial charge in [0.05, 0.1) is 20.3 Å². The summed E-state index contributed by atoms with van der Waals surface area (Å²) in [5, 5.41) is 7.49. The average Bonchev–Trinajstić information content (AvgIpc) is 3.10. The Morgan fingerprint density at radius 3 is 2.62 bits per heavy atom. The molecule has 1 unspecified atom stereocenters. The Labute approximate surface area is 151 Å². The number of ether oxygens (including phenoxy) is 2. The van der Waals surface area contributed by atoms with Gasteiger partial charge in [0.15, 0.2) is 11.5 Å². The molecule has 0 aliphatic rings. The van der Waals surface area contributed by atoms with Crippen LogP contribution in [-0.2, 0) is 6.42 Å². The molecule has 0 radical (unpaired) electrons. The lowest BCUT2D eigenvalue weighted by Crippen LogP contribution is -2.13. The first-order valence-electron chi connectivity index (χ1n) is 8.45. The summed E-state index contributed by atoms with van der Waals surface area (Å²) in [5.41, 5.74) is 1.38. The summed E-state index contributed by atoms with van der Waals surface area (Å²) in [6, 6.07) is 4.55. The number of benzene rings is 1. The van der Waals surface area contributed by atoms with E-state index in [9.17, 15) is 4.39 Å². The van der Waals surface area contributed by atoms with Gasteiger partial charge in [-0.3, -0.25) is 0 Å². The molecule has 0 amide bonds. The van der Waals surface area contributed by atoms with Crippen LogP contribution >= 0.6 is 0 Å². The number of halogens is 1. The summed E-state index contributed by atoms with van der Waals surface area (Å²) in [4.78, 5) is 8.63. The fourth-order valence-electron chi connectivity index (χ4n) is 2.85. The lowest BCUT2D eigenvalue weighted by Gasteiger charge is -2.19. The van der Waals surface area contributed by atoms with Crippen molar-refractivity contribution in [2.45, 2.75) is 32.7 Å². The van der Waals surface area contributed by atoms with Gasteiger partial charge in [0.25, 0.3) is 5.78 Å². The fourth-order valence-corrected chi connectivity index (χ4v) is 2.85. The molecule has 1 atom stereocenters. The third-order valence-electron chi connectivity index (χ3n) is 4.14. The standard InChI is InChI=1S/C18H22FN5O2/c1-5-6-12-7-17(24-18(23-12)20-10-21-24)22-11(2)13-8-15(25-3)16(26-4)9-14(13)19/h7-11,22H,5-6H2,1-4H3. The highest BCUT2D eigenvalue weighted by Gasteiger charge is 2.18. The number of fused-ring (bicyclic) bond motifs is 1. The second kappa shape index (κ2) is 7.55. The predicted octanol–water partition coefficient (Wildman–Crippen LogP) is 3.41. The van der Waals surface area contributed by atoms with E-state index >= 15 is 0 Å². The molecule has 2 aromatic heterocycles. The molecule has 0 spiro atoms. The van der Waals surface area contributed by atoms with Crippen molar-refractivity contribution >= 4 is 11.6 Å². The zero-order valence-corrected chi connectivity index (χ0v) is 15.3. The van der Waals surface area contributed by atoms with E-state index in [1.807, 2.05) is 13.0 Å². The fraction of sp³-hybridized carbons (Fsp3) is 0.389. The van der Waals surface area contributed by atoms with Gasteiger partial charge in [-0.1, -0.05) is 13.3 Å². The molecule has 0 aliphatic carbocycles. The van der Waals surface area contributed by atoms with E-state index in [4.69, 9.17) is 9.47 Å². The number of aromatic nitrogens is 4. The quantitative estimate of drug-likeness (QED) is 0.697. The Kier molecular flexibility index (Phi) is 5.20. The Balaban J connectivity index is 1.96. The van der Waals surface area contributed by atoms with Gasteiger partial charge in [-0.15, -0.1) is 0 Å². The maximum absolute atomic E-state index is 14.5. The second-order valence-electron chi connectivity index (χ2n) is 5.95. The smallest absolute Gasteiger partial charge is 0.254 e. The van der Waals surface area contributed by atoms with Gasteiger partial charge < -0.3 is 14.8 Å². The topological polar surface area (TPSA) is 73.6 Å². The van der Waals surface area contributed by atoms with E-state index < -0.39 is 0 Å². The van der Waals surface area contributed by atoms with Crippen LogP contribution in [-0.4, -0.2) is 33.8 Å². The molecule has 0 fully saturated rings. The van der Waals surface area contributed by atoms with Crippen molar-refractivity contribution in [2.24, 2.45) is 0 Å². The first-order valence-corrected chi connectivity index (χ1v) is 8.45. The van der Waals surface area contributed by atoms with Crippen LogP contribution in [0, 0.1) is 5.82 Å². The maximum atomic E-state index is 14.5. The summed E-state index contributed by atoms with van der Waals surface area (Å²) >= 11 is 0. The summed E-state index contributed by atoms with van der Waals surface area (Å²) in [6.45, 7) is 3.96. The van der Waals surface area contributed by atoms with E-state index in [-0.39, 0.29) is 11.9 Å². The highest BCUT2D eigenvalue weighted by molar-refractivity contribution is 5.49. The van der Waals surface area contributed by atoms with E-state index in [1.165, 1.54) is 26.6 Å². The predicted molar refractivity (Wildman–Crippen MR) is 96.3 cm³/mol. The van der Waals surface area contributed by atoms with E-state index in [0.717, 1.165) is 18.5 Å². The monoisotopic (exact) mass is 359 g/mol. The van der Waals surface area contributed by atoms with E-state index in [0.29, 0.717) is 28.7 Å². The minimum atomic E-state index is -0.375. The number of nitrogens with zero attached hydrogens (tertiary/aromatic N) is 4. The van der Waals surface area contributed by atoms with Crippen molar-refractivity contribution in [1.29, 1.82) is 0 Å². The normalized spacial score (nSPS) is 12.2. The lowest BCUT2D eigenvalue weighted by atomic mass is 10.1. The van der Waals surface area contributed by atoms with Gasteiger partial charge >= 0.3 is 0 Å². The molecular weight excluding hydrogens is 337 g/mol. The Bertz CT molecular complexity index is 912. The Morgan fingerprint density at radius 1 is 1.19 bits per heavy atom. The summed E-state index contributed by atoms with van der Waals surface area (Å²) < 4.78 is 26.6. The van der Waals surface area contributed by atoms with Crippen LogP contribution in [0.4, 0.5) is 10.2 Å². The van der Waals surface area contributed by atoms with Crippen molar-refractivity contribution in [3.05, 3.63) is 41.6 Å². The first kappa shape index (κ1) is 17.9. The molecule has 1 aromatic carbocycles. The second-order valence-corrected chi connectivity index (χ2v) is 5.95. The van der Waals surface area contributed by atoms with Gasteiger partial charge in [0, 0.05) is 23.4 Å². The van der Waals surface area contributed by atoms with E-state index in [2.05, 4.69) is 27.3 Å². The first-order chi connectivity index (χ1) is 12.6. The molecule has 1 N–H and O–H groups in total. The molecule has 0 saturated heterocycles. The highest BCUT2D eigenvalue weighted by atomic mass is 19.1. The third-order valence-corrected chi connectivity index (χ3v) is 4.14. The summed E-state index contributed by atoms with van der Waals surface area (Å²) in [6.07, 6.45) is 3.25. The van der Waals surface area contributed by atoms with Crippen molar-refractivity contribution in [2.75, 3.05) is 19.5 Å². The highest BCUT2D eigenvalue weighted by Crippen LogP contribution is 2.33. The van der Waals surface area contributed by atoms with Crippen LogP contribution in [0.2, 0.25) is 0 Å². The van der Waals surface area contributed by atoms with Gasteiger partial charge in [-0.2, -0.15) is 14.6 Å². The number of rotatable bonds is 7. The van der Waals surface area contributed by atoms with Crippen LogP contribution in [0.5, 0.6) is 11.5 Å². The van der Waals surface area contributed by atoms with Crippen LogP contribution in [0.15, 0.2) is 24.5 Å². The minimum Gasteiger partial charge on any atom is -0.493 e. The number of nitrogens with one attached hydrogen (secondary N) is 1. The molecule has 8 heteroatoms. The third kappa shape index (κ3) is 3.40. The number of hydrogen-bond donors (Lipinski definition) is 1. The maximum Gasteiger partial charge on any atom is 0.254 e. The largest absolute Gasteiger partial charge is 0.493 e. The summed E-state index contributed by atoms with van der Waals surface area (Å²) in [7, 11) is 3.00. The average molecular weight is 359 g/mol. The van der Waals surface area contributed by atoms with Crippen molar-refractivity contribution in [1.82, 2.24) is 19.6 Å². The Hall–Kier alpha value is -2.90. The number of hydrogen-bond acceptors (Lipinski definition) is 6. The zero-order chi connectivity index (χ0) is 18.7. The summed E-state index contributed by atoms with van der Waals surface area (Å²) in [5.74, 6) is 1.68. The Morgan fingerprint density at radius 2 is 1.92 bits per heavy atom. The van der Waals surface area contributed by atoms with Crippen LogP contribution in [0.1, 0.15) is 37.6 Å². The lowest BCUT2D eigenvalue weighted by molar-refractivity contribution is 0.351. The van der Waals surface area contributed by atoms with E-state index in [1.54, 1.807) is 10.6 Å². The molecule has 0 saturated carbocycles. The van der Waals surface area contributed by atoms with Crippen LogP contribution < -0.4 is 14.8 Å². The SMILES string of the molecule is CCCc1cc(NC(C)c2cc(OC)c(OC)cc2F)n2ncnc2n1. The molecule has 138 valence electrons.